The molecule has 0 N–H and O–H groups in total. The zero-order valence-electron chi connectivity index (χ0n) is 21.1. The Morgan fingerprint density at radius 1 is 1.09 bits per heavy atom. The van der Waals surface area contributed by atoms with E-state index in [4.69, 9.17) is 15.1 Å². The predicted molar refractivity (Wildman–Crippen MR) is 133 cm³/mol. The molecule has 1 aliphatic rings. The van der Waals surface area contributed by atoms with Crippen LogP contribution in [0, 0.1) is 18.2 Å². The number of hydrogen-bond donors (Lipinski definition) is 0. The summed E-state index contributed by atoms with van der Waals surface area (Å²) in [7, 11) is 0. The molecule has 4 rings (SSSR count). The highest BCUT2D eigenvalue weighted by atomic mass is 19.1. The molecule has 34 heavy (non-hydrogen) atoms. The van der Waals surface area contributed by atoms with Crippen LogP contribution in [0.1, 0.15) is 64.9 Å². The quantitative estimate of drug-likeness (QED) is 0.537. The number of nitrogens with zero attached hydrogens (tertiary/aromatic N) is 6. The van der Waals surface area contributed by atoms with Gasteiger partial charge in [0, 0.05) is 37.5 Å². The molecule has 8 heteroatoms. The number of carbonyl (C=O) groups is 1. The van der Waals surface area contributed by atoms with Crippen molar-refractivity contribution in [2.75, 3.05) is 31.1 Å². The number of rotatable bonds is 5. The lowest BCUT2D eigenvalue weighted by Gasteiger charge is -2.38. The summed E-state index contributed by atoms with van der Waals surface area (Å²) in [5.74, 6) is 1.76. The van der Waals surface area contributed by atoms with E-state index in [1.807, 2.05) is 32.6 Å². The van der Waals surface area contributed by atoms with Crippen LogP contribution in [-0.2, 0) is 4.79 Å². The zero-order chi connectivity index (χ0) is 24.6. The second kappa shape index (κ2) is 9.31. The zero-order valence-corrected chi connectivity index (χ0v) is 21.1. The third-order valence-electron chi connectivity index (χ3n) is 6.44. The average molecular weight is 467 g/mol. The minimum Gasteiger partial charge on any atom is -0.352 e. The van der Waals surface area contributed by atoms with Crippen LogP contribution in [0.15, 0.2) is 24.3 Å². The summed E-state index contributed by atoms with van der Waals surface area (Å²) in [4.78, 5) is 27.0. The van der Waals surface area contributed by atoms with Crippen LogP contribution in [0.25, 0.3) is 16.7 Å². The molecule has 1 amide bonds. The van der Waals surface area contributed by atoms with Crippen LogP contribution in [-0.4, -0.2) is 56.7 Å². The van der Waals surface area contributed by atoms with E-state index in [0.29, 0.717) is 26.2 Å². The molecular formula is C26H35FN6O. The second-order valence-corrected chi connectivity index (χ2v) is 10.3. The van der Waals surface area contributed by atoms with Gasteiger partial charge in [0.05, 0.1) is 16.8 Å². The maximum absolute atomic E-state index is 13.6. The summed E-state index contributed by atoms with van der Waals surface area (Å²) in [5, 5.41) is 5.68. The molecular weight excluding hydrogens is 431 g/mol. The van der Waals surface area contributed by atoms with Gasteiger partial charge in [-0.2, -0.15) is 5.10 Å². The molecule has 1 aromatic carbocycles. The van der Waals surface area contributed by atoms with Gasteiger partial charge in [0.25, 0.3) is 0 Å². The van der Waals surface area contributed by atoms with Gasteiger partial charge in [0.1, 0.15) is 17.5 Å². The van der Waals surface area contributed by atoms with E-state index >= 15 is 0 Å². The van der Waals surface area contributed by atoms with Crippen LogP contribution in [0.4, 0.5) is 10.2 Å². The molecule has 1 saturated heterocycles. The molecule has 1 aliphatic heterocycles. The predicted octanol–water partition coefficient (Wildman–Crippen LogP) is 4.86. The van der Waals surface area contributed by atoms with Crippen molar-refractivity contribution in [3.05, 3.63) is 41.6 Å². The van der Waals surface area contributed by atoms with Crippen LogP contribution >= 0.6 is 0 Å². The van der Waals surface area contributed by atoms with E-state index in [1.54, 1.807) is 16.8 Å². The fraction of sp³-hybridized carbons (Fsp3) is 0.538. The standard InChI is InChI=1S/C26H35FN6O/c1-7-8-17(2)22-28-23(31-13-15-32(16-14-31)25(34)26(4,5)6)21-18(3)30-33(24(21)29-22)20-11-9-19(27)10-12-20/h9-12,17H,7-8,13-16H2,1-6H3/t17-/m0/s1. The second-order valence-electron chi connectivity index (χ2n) is 10.3. The smallest absolute Gasteiger partial charge is 0.228 e. The minimum absolute atomic E-state index is 0.178. The monoisotopic (exact) mass is 466 g/mol. The van der Waals surface area contributed by atoms with Gasteiger partial charge in [0.15, 0.2) is 5.65 Å². The lowest BCUT2D eigenvalue weighted by Crippen LogP contribution is -2.52. The number of anilines is 1. The van der Waals surface area contributed by atoms with Crippen molar-refractivity contribution in [1.82, 2.24) is 24.6 Å². The van der Waals surface area contributed by atoms with Gasteiger partial charge in [-0.1, -0.05) is 41.0 Å². The summed E-state index contributed by atoms with van der Waals surface area (Å²) in [5.41, 5.74) is 1.94. The maximum atomic E-state index is 13.6. The van der Waals surface area contributed by atoms with Crippen LogP contribution in [0.3, 0.4) is 0 Å². The number of hydrogen-bond acceptors (Lipinski definition) is 5. The number of aryl methyl sites for hydroxylation is 1. The molecule has 0 spiro atoms. The molecule has 0 radical (unpaired) electrons. The molecule has 1 fully saturated rings. The molecule has 2 aromatic heterocycles. The van der Waals surface area contributed by atoms with Crippen LogP contribution in [0.5, 0.6) is 0 Å². The lowest BCUT2D eigenvalue weighted by molar-refractivity contribution is -0.139. The van der Waals surface area contributed by atoms with E-state index in [-0.39, 0.29) is 23.1 Å². The third-order valence-corrected chi connectivity index (χ3v) is 6.44. The highest BCUT2D eigenvalue weighted by Gasteiger charge is 2.31. The van der Waals surface area contributed by atoms with Crippen molar-refractivity contribution in [3.63, 3.8) is 0 Å². The van der Waals surface area contributed by atoms with Crippen molar-refractivity contribution < 1.29 is 9.18 Å². The molecule has 182 valence electrons. The molecule has 0 unspecified atom stereocenters. The summed E-state index contributed by atoms with van der Waals surface area (Å²) in [6, 6.07) is 6.31. The maximum Gasteiger partial charge on any atom is 0.228 e. The van der Waals surface area contributed by atoms with Gasteiger partial charge in [-0.15, -0.1) is 0 Å². The van der Waals surface area contributed by atoms with Crippen LogP contribution in [0.2, 0.25) is 0 Å². The number of fused-ring (bicyclic) bond motifs is 1. The minimum atomic E-state index is -0.389. The molecule has 7 nitrogen and oxygen atoms in total. The Morgan fingerprint density at radius 2 is 1.74 bits per heavy atom. The van der Waals surface area contributed by atoms with Crippen molar-refractivity contribution in [2.24, 2.45) is 5.41 Å². The molecule has 0 saturated carbocycles. The Balaban J connectivity index is 1.77. The summed E-state index contributed by atoms with van der Waals surface area (Å²) in [6.07, 6.45) is 2.03. The van der Waals surface area contributed by atoms with Gasteiger partial charge in [-0.25, -0.2) is 19.0 Å². The van der Waals surface area contributed by atoms with Crippen molar-refractivity contribution in [1.29, 1.82) is 0 Å². The first-order chi connectivity index (χ1) is 16.1. The first-order valence-electron chi connectivity index (χ1n) is 12.2. The number of carbonyl (C=O) groups excluding carboxylic acids is 1. The van der Waals surface area contributed by atoms with Gasteiger partial charge >= 0.3 is 0 Å². The van der Waals surface area contributed by atoms with E-state index in [2.05, 4.69) is 18.7 Å². The van der Waals surface area contributed by atoms with Crippen molar-refractivity contribution in [2.45, 2.75) is 60.3 Å². The van der Waals surface area contributed by atoms with E-state index in [1.165, 1.54) is 12.1 Å². The SMILES string of the molecule is CCC[C@H](C)c1nc(N2CCN(C(=O)C(C)(C)C)CC2)c2c(C)nn(-c3ccc(F)cc3)c2n1. The van der Waals surface area contributed by atoms with Crippen LogP contribution < -0.4 is 4.90 Å². The number of aromatic nitrogens is 4. The first-order valence-corrected chi connectivity index (χ1v) is 12.2. The number of piperazine rings is 1. The third kappa shape index (κ3) is 4.63. The normalized spacial score (nSPS) is 15.7. The highest BCUT2D eigenvalue weighted by Crippen LogP contribution is 2.32. The van der Waals surface area contributed by atoms with Gasteiger partial charge < -0.3 is 9.80 Å². The summed E-state index contributed by atoms with van der Waals surface area (Å²) < 4.78 is 15.3. The molecule has 0 aliphatic carbocycles. The Labute approximate surface area is 201 Å². The Hall–Kier alpha value is -3.03. The van der Waals surface area contributed by atoms with E-state index in [0.717, 1.165) is 46.9 Å². The van der Waals surface area contributed by atoms with Gasteiger partial charge in [0.2, 0.25) is 5.91 Å². The summed E-state index contributed by atoms with van der Waals surface area (Å²) >= 11 is 0. The van der Waals surface area contributed by atoms with Crippen molar-refractivity contribution >= 4 is 22.8 Å². The topological polar surface area (TPSA) is 67.2 Å². The fourth-order valence-electron chi connectivity index (χ4n) is 4.55. The van der Waals surface area contributed by atoms with Gasteiger partial charge in [-0.3, -0.25) is 4.79 Å². The molecule has 0 bridgehead atoms. The number of amides is 1. The largest absolute Gasteiger partial charge is 0.352 e. The average Bonchev–Trinajstić information content (AvgIpc) is 3.14. The lowest BCUT2D eigenvalue weighted by atomic mass is 9.94. The van der Waals surface area contributed by atoms with Gasteiger partial charge in [-0.05, 0) is 37.6 Å². The Kier molecular flexibility index (Phi) is 6.60. The Bertz CT molecular complexity index is 1170. The van der Waals surface area contributed by atoms with E-state index in [9.17, 15) is 9.18 Å². The molecule has 1 atom stereocenters. The number of halogens is 1. The first kappa shape index (κ1) is 24.1. The molecule has 3 heterocycles. The Morgan fingerprint density at radius 3 is 2.32 bits per heavy atom. The number of benzene rings is 1. The highest BCUT2D eigenvalue weighted by molar-refractivity contribution is 5.91. The fourth-order valence-corrected chi connectivity index (χ4v) is 4.55. The summed E-state index contributed by atoms with van der Waals surface area (Å²) in [6.45, 7) is 14.9. The molecule has 3 aromatic rings. The van der Waals surface area contributed by atoms with E-state index < -0.39 is 0 Å². The van der Waals surface area contributed by atoms with Crippen molar-refractivity contribution in [3.8, 4) is 5.69 Å².